The van der Waals surface area contributed by atoms with Gasteiger partial charge in [0.25, 0.3) is 0 Å². The van der Waals surface area contributed by atoms with Crippen molar-refractivity contribution in [2.45, 2.75) is 19.3 Å². The smallest absolute Gasteiger partial charge is 0.128 e. The van der Waals surface area contributed by atoms with E-state index < -0.39 is 0 Å². The average molecular weight is 198 g/mol. The van der Waals surface area contributed by atoms with E-state index in [-0.39, 0.29) is 11.7 Å². The Balaban J connectivity index is 2.96. The summed E-state index contributed by atoms with van der Waals surface area (Å²) in [5.74, 6) is -0.419. The predicted octanol–water partition coefficient (Wildman–Crippen LogP) is 3.50. The second-order valence-electron chi connectivity index (χ2n) is 2.93. The lowest BCUT2D eigenvalue weighted by atomic mass is 9.98. The Morgan fingerprint density at radius 3 is 2.85 bits per heavy atom. The van der Waals surface area contributed by atoms with Crippen molar-refractivity contribution in [1.29, 1.82) is 5.26 Å². The van der Waals surface area contributed by atoms with Crippen molar-refractivity contribution in [1.82, 2.24) is 0 Å². The van der Waals surface area contributed by atoms with Gasteiger partial charge in [-0.3, -0.25) is 0 Å². The van der Waals surface area contributed by atoms with Crippen LogP contribution in [0, 0.1) is 17.1 Å². The van der Waals surface area contributed by atoms with Gasteiger partial charge in [0.15, 0.2) is 0 Å². The summed E-state index contributed by atoms with van der Waals surface area (Å²) >= 11 is 5.59. The summed E-state index contributed by atoms with van der Waals surface area (Å²) in [5.41, 5.74) is 0.547. The van der Waals surface area contributed by atoms with Gasteiger partial charge < -0.3 is 0 Å². The molecule has 1 aromatic carbocycles. The highest BCUT2D eigenvalue weighted by molar-refractivity contribution is 6.30. The van der Waals surface area contributed by atoms with Gasteiger partial charge in [-0.15, -0.1) is 0 Å². The summed E-state index contributed by atoms with van der Waals surface area (Å²) in [6, 6.07) is 6.53. The van der Waals surface area contributed by atoms with Crippen LogP contribution >= 0.6 is 11.6 Å². The zero-order chi connectivity index (χ0) is 9.84. The van der Waals surface area contributed by atoms with Crippen molar-refractivity contribution in [3.05, 3.63) is 34.6 Å². The normalized spacial score (nSPS) is 12.2. The number of halogens is 2. The highest BCUT2D eigenvalue weighted by atomic mass is 35.5. The molecular formula is C10H9ClFN. The molecule has 0 spiro atoms. The van der Waals surface area contributed by atoms with E-state index in [1.807, 2.05) is 13.0 Å². The third-order valence-electron chi connectivity index (χ3n) is 1.89. The Kier molecular flexibility index (Phi) is 3.27. The molecule has 1 atom stereocenters. The fourth-order valence-corrected chi connectivity index (χ4v) is 1.31. The third kappa shape index (κ3) is 2.43. The van der Waals surface area contributed by atoms with Crippen molar-refractivity contribution in [3.8, 4) is 6.07 Å². The molecule has 68 valence electrons. The van der Waals surface area contributed by atoms with Crippen LogP contribution in [0.15, 0.2) is 18.2 Å². The first-order chi connectivity index (χ1) is 6.15. The van der Waals surface area contributed by atoms with Crippen molar-refractivity contribution in [2.24, 2.45) is 0 Å². The third-order valence-corrected chi connectivity index (χ3v) is 2.13. The lowest BCUT2D eigenvalue weighted by molar-refractivity contribution is 0.591. The quantitative estimate of drug-likeness (QED) is 0.712. The summed E-state index contributed by atoms with van der Waals surface area (Å²) in [4.78, 5) is 0. The van der Waals surface area contributed by atoms with Crippen molar-refractivity contribution in [3.63, 3.8) is 0 Å². The lowest BCUT2D eigenvalue weighted by Gasteiger charge is -2.08. The topological polar surface area (TPSA) is 23.8 Å². The Morgan fingerprint density at radius 2 is 2.31 bits per heavy atom. The molecule has 0 fully saturated rings. The highest BCUT2D eigenvalue weighted by Gasteiger charge is 2.10. The van der Waals surface area contributed by atoms with Crippen molar-refractivity contribution in [2.75, 3.05) is 0 Å². The molecule has 0 bridgehead atoms. The summed E-state index contributed by atoms with van der Waals surface area (Å²) in [6.07, 6.45) is 0.318. The molecule has 1 rings (SSSR count). The molecular weight excluding hydrogens is 189 g/mol. The number of hydrogen-bond donors (Lipinski definition) is 0. The zero-order valence-electron chi connectivity index (χ0n) is 7.22. The van der Waals surface area contributed by atoms with E-state index >= 15 is 0 Å². The van der Waals surface area contributed by atoms with Crippen molar-refractivity contribution < 1.29 is 4.39 Å². The molecule has 0 amide bonds. The summed E-state index contributed by atoms with van der Waals surface area (Å²) in [6.45, 7) is 1.82. The first kappa shape index (κ1) is 10.0. The molecule has 0 radical (unpaired) electrons. The molecule has 1 nitrogen and oxygen atoms in total. The minimum Gasteiger partial charge on any atom is -0.207 e. The van der Waals surface area contributed by atoms with Gasteiger partial charge in [0.1, 0.15) is 5.82 Å². The molecule has 0 aromatic heterocycles. The molecule has 13 heavy (non-hydrogen) atoms. The van der Waals surface area contributed by atoms with Crippen molar-refractivity contribution >= 4 is 11.6 Å². The van der Waals surface area contributed by atoms with E-state index in [1.54, 1.807) is 12.1 Å². The Hall–Kier alpha value is -1.07. The highest BCUT2D eigenvalue weighted by Crippen LogP contribution is 2.23. The van der Waals surface area contributed by atoms with Gasteiger partial charge in [-0.05, 0) is 23.6 Å². The second kappa shape index (κ2) is 4.25. The van der Waals surface area contributed by atoms with E-state index in [2.05, 4.69) is 0 Å². The van der Waals surface area contributed by atoms with E-state index in [9.17, 15) is 4.39 Å². The predicted molar refractivity (Wildman–Crippen MR) is 50.1 cm³/mol. The fourth-order valence-electron chi connectivity index (χ4n) is 1.15. The first-order valence-corrected chi connectivity index (χ1v) is 4.35. The Bertz CT molecular complexity index is 343. The molecule has 0 saturated carbocycles. The standard InChI is InChI=1S/C10H9ClFN/c1-7(4-5-13)9-3-2-8(11)6-10(9)12/h2-3,6-7H,4H2,1H3. The molecule has 0 aliphatic heterocycles. The van der Waals surface area contributed by atoms with Gasteiger partial charge in [-0.25, -0.2) is 4.39 Å². The van der Waals surface area contributed by atoms with Gasteiger partial charge in [-0.1, -0.05) is 24.6 Å². The van der Waals surface area contributed by atoms with Gasteiger partial charge in [-0.2, -0.15) is 5.26 Å². The van der Waals surface area contributed by atoms with Crippen LogP contribution in [0.5, 0.6) is 0 Å². The molecule has 0 N–H and O–H groups in total. The number of benzene rings is 1. The second-order valence-corrected chi connectivity index (χ2v) is 3.37. The van der Waals surface area contributed by atoms with E-state index in [1.165, 1.54) is 6.07 Å². The first-order valence-electron chi connectivity index (χ1n) is 3.97. The minimum absolute atomic E-state index is 0.0812. The number of nitriles is 1. The summed E-state index contributed by atoms with van der Waals surface area (Å²) < 4.78 is 13.2. The monoisotopic (exact) mass is 197 g/mol. The van der Waals surface area contributed by atoms with E-state index in [0.29, 0.717) is 17.0 Å². The van der Waals surface area contributed by atoms with Crippen LogP contribution in [0.1, 0.15) is 24.8 Å². The van der Waals surface area contributed by atoms with Gasteiger partial charge in [0.2, 0.25) is 0 Å². The molecule has 0 heterocycles. The lowest BCUT2D eigenvalue weighted by Crippen LogP contribution is -1.95. The largest absolute Gasteiger partial charge is 0.207 e. The van der Waals surface area contributed by atoms with Crippen LogP contribution in [0.3, 0.4) is 0 Å². The maximum atomic E-state index is 13.2. The molecule has 1 aromatic rings. The number of nitrogens with zero attached hydrogens (tertiary/aromatic N) is 1. The molecule has 0 aliphatic carbocycles. The summed E-state index contributed by atoms with van der Waals surface area (Å²) in [5, 5.41) is 8.82. The maximum Gasteiger partial charge on any atom is 0.128 e. The number of hydrogen-bond acceptors (Lipinski definition) is 1. The summed E-state index contributed by atoms with van der Waals surface area (Å²) in [7, 11) is 0. The fraction of sp³-hybridized carbons (Fsp3) is 0.300. The average Bonchev–Trinajstić information content (AvgIpc) is 2.04. The Labute approximate surface area is 81.8 Å². The molecule has 0 saturated heterocycles. The number of rotatable bonds is 2. The van der Waals surface area contributed by atoms with Crippen LogP contribution in [-0.2, 0) is 0 Å². The van der Waals surface area contributed by atoms with Crippen LogP contribution in [0.25, 0.3) is 0 Å². The van der Waals surface area contributed by atoms with Gasteiger partial charge in [0, 0.05) is 11.4 Å². The molecule has 3 heteroatoms. The van der Waals surface area contributed by atoms with Crippen LogP contribution < -0.4 is 0 Å². The van der Waals surface area contributed by atoms with E-state index in [0.717, 1.165) is 0 Å². The SMILES string of the molecule is CC(CC#N)c1ccc(Cl)cc1F. The molecule has 1 unspecified atom stereocenters. The zero-order valence-corrected chi connectivity index (χ0v) is 7.98. The van der Waals surface area contributed by atoms with E-state index in [4.69, 9.17) is 16.9 Å². The van der Waals surface area contributed by atoms with Crippen LogP contribution in [0.4, 0.5) is 4.39 Å². The Morgan fingerprint density at radius 1 is 1.62 bits per heavy atom. The van der Waals surface area contributed by atoms with Crippen LogP contribution in [0.2, 0.25) is 5.02 Å². The van der Waals surface area contributed by atoms with Crippen LogP contribution in [-0.4, -0.2) is 0 Å². The minimum atomic E-state index is -0.338. The maximum absolute atomic E-state index is 13.2. The van der Waals surface area contributed by atoms with Gasteiger partial charge in [0.05, 0.1) is 6.07 Å². The molecule has 0 aliphatic rings. The van der Waals surface area contributed by atoms with Gasteiger partial charge >= 0.3 is 0 Å².